The van der Waals surface area contributed by atoms with Gasteiger partial charge in [-0.05, 0) is 66.9 Å². The van der Waals surface area contributed by atoms with Gasteiger partial charge >= 0.3 is 0 Å². The summed E-state index contributed by atoms with van der Waals surface area (Å²) >= 11 is 0. The maximum Gasteiger partial charge on any atom is 0.292 e. The maximum atomic E-state index is 14.7. The van der Waals surface area contributed by atoms with Crippen molar-refractivity contribution < 1.29 is 33.0 Å². The van der Waals surface area contributed by atoms with Crippen LogP contribution in [0.1, 0.15) is 34.9 Å². The van der Waals surface area contributed by atoms with Crippen LogP contribution in [0.4, 0.5) is 8.78 Å². The summed E-state index contributed by atoms with van der Waals surface area (Å²) in [5.41, 5.74) is 1.93. The minimum atomic E-state index is -1.29. The van der Waals surface area contributed by atoms with Gasteiger partial charge in [-0.25, -0.2) is 8.78 Å². The number of likely N-dealkylation sites (tertiary alicyclic amines) is 1. The Labute approximate surface area is 219 Å². The van der Waals surface area contributed by atoms with E-state index in [1.807, 2.05) is 0 Å². The van der Waals surface area contributed by atoms with Crippen molar-refractivity contribution >= 4 is 11.7 Å². The average Bonchev–Trinajstić information content (AvgIpc) is 3.45. The van der Waals surface area contributed by atoms with Crippen molar-refractivity contribution in [2.75, 3.05) is 32.8 Å². The number of nitrogens with zero attached hydrogens (tertiary/aromatic N) is 1. The Kier molecular flexibility index (Phi) is 7.67. The largest absolute Gasteiger partial charge is 0.486 e. The quantitative estimate of drug-likeness (QED) is 0.345. The number of ketones is 1. The summed E-state index contributed by atoms with van der Waals surface area (Å²) < 4.78 is 38.7. The highest BCUT2D eigenvalue weighted by molar-refractivity contribution is 6.42. The van der Waals surface area contributed by atoms with E-state index >= 15 is 0 Å². The second-order valence-electron chi connectivity index (χ2n) is 9.47. The van der Waals surface area contributed by atoms with Crippen LogP contribution in [-0.4, -0.2) is 60.6 Å². The number of Topliss-reactive ketones (excluding diaryl/α,β-unsaturated/α-hetero) is 1. The number of rotatable bonds is 8. The number of halogens is 2. The number of aliphatic hydroxyl groups excluding tert-OH is 1. The fraction of sp³-hybridized carbons (Fsp3) is 0.310. The topological polar surface area (TPSA) is 88.1 Å². The van der Waals surface area contributed by atoms with E-state index in [2.05, 4.69) is 10.2 Å². The lowest BCUT2D eigenvalue weighted by molar-refractivity contribution is -0.118. The van der Waals surface area contributed by atoms with Crippen LogP contribution >= 0.6 is 0 Å². The van der Waals surface area contributed by atoms with E-state index in [0.717, 1.165) is 43.1 Å². The molecule has 198 valence electrons. The summed E-state index contributed by atoms with van der Waals surface area (Å²) in [5, 5.41) is 13.9. The van der Waals surface area contributed by atoms with Crippen LogP contribution in [0, 0.1) is 11.6 Å². The normalized spacial score (nSPS) is 16.6. The van der Waals surface area contributed by atoms with E-state index in [9.17, 15) is 23.5 Å². The molecule has 0 spiro atoms. The molecular formula is C29H28F2N2O5. The second-order valence-corrected chi connectivity index (χ2v) is 9.47. The first-order chi connectivity index (χ1) is 18.4. The minimum absolute atomic E-state index is 0.00779. The van der Waals surface area contributed by atoms with Crippen LogP contribution in [0.2, 0.25) is 0 Å². The predicted octanol–water partition coefficient (Wildman–Crippen LogP) is 3.90. The third-order valence-electron chi connectivity index (χ3n) is 6.84. The Balaban J connectivity index is 1.33. The smallest absolute Gasteiger partial charge is 0.292 e. The fourth-order valence-corrected chi connectivity index (χ4v) is 4.82. The van der Waals surface area contributed by atoms with Gasteiger partial charge in [-0.2, -0.15) is 0 Å². The van der Waals surface area contributed by atoms with Gasteiger partial charge in [0, 0.05) is 12.1 Å². The van der Waals surface area contributed by atoms with Gasteiger partial charge in [-0.3, -0.25) is 9.59 Å². The van der Waals surface area contributed by atoms with Crippen molar-refractivity contribution in [3.8, 4) is 22.6 Å². The van der Waals surface area contributed by atoms with E-state index in [4.69, 9.17) is 9.47 Å². The number of benzene rings is 3. The molecule has 3 aromatic carbocycles. The summed E-state index contributed by atoms with van der Waals surface area (Å²) in [7, 11) is 0. The zero-order valence-electron chi connectivity index (χ0n) is 20.7. The fourth-order valence-electron chi connectivity index (χ4n) is 4.82. The highest BCUT2D eigenvalue weighted by Crippen LogP contribution is 2.36. The molecule has 38 heavy (non-hydrogen) atoms. The third-order valence-corrected chi connectivity index (χ3v) is 6.84. The van der Waals surface area contributed by atoms with Gasteiger partial charge in [0.15, 0.2) is 17.3 Å². The molecule has 1 fully saturated rings. The molecule has 1 amide bonds. The average molecular weight is 523 g/mol. The number of carbonyl (C=O) groups excluding carboxylic acids is 2. The summed E-state index contributed by atoms with van der Waals surface area (Å²) in [5.74, 6) is -2.47. The summed E-state index contributed by atoms with van der Waals surface area (Å²) in [6, 6.07) is 14.2. The van der Waals surface area contributed by atoms with Crippen molar-refractivity contribution in [3.63, 3.8) is 0 Å². The lowest BCUT2D eigenvalue weighted by atomic mass is 9.99. The van der Waals surface area contributed by atoms with Crippen molar-refractivity contribution in [2.24, 2.45) is 0 Å². The molecule has 2 heterocycles. The summed E-state index contributed by atoms with van der Waals surface area (Å²) in [6.07, 6.45) is 0.697. The molecule has 7 nitrogen and oxygen atoms in total. The van der Waals surface area contributed by atoms with Gasteiger partial charge in [0.05, 0.1) is 6.04 Å². The number of hydrogen-bond donors (Lipinski definition) is 2. The third kappa shape index (κ3) is 5.69. The van der Waals surface area contributed by atoms with Crippen molar-refractivity contribution in [1.82, 2.24) is 10.2 Å². The first-order valence-electron chi connectivity index (χ1n) is 12.6. The molecule has 0 aromatic heterocycles. The van der Waals surface area contributed by atoms with Crippen LogP contribution in [0.5, 0.6) is 11.5 Å². The Hall–Kier alpha value is -3.82. The number of nitrogens with one attached hydrogen (secondary N) is 1. The van der Waals surface area contributed by atoms with E-state index in [1.54, 1.807) is 24.3 Å². The van der Waals surface area contributed by atoms with Crippen LogP contribution in [0.15, 0.2) is 60.7 Å². The SMILES string of the molecule is O=C(N[C@H](CN1CCCC1)[C@H](O)c1cc(F)c2c(c1)OCCO2)C(=O)c1ccc(-c2ccc(F)cc2)cc1. The molecule has 9 heteroatoms. The van der Waals surface area contributed by atoms with E-state index in [-0.39, 0.29) is 41.7 Å². The van der Waals surface area contributed by atoms with Gasteiger partial charge in [0.1, 0.15) is 25.1 Å². The van der Waals surface area contributed by atoms with Gasteiger partial charge in [-0.1, -0.05) is 36.4 Å². The molecule has 2 atom stereocenters. The number of carbonyl (C=O) groups is 2. The van der Waals surface area contributed by atoms with Gasteiger partial charge in [0.2, 0.25) is 5.78 Å². The zero-order chi connectivity index (χ0) is 26.6. The second kappa shape index (κ2) is 11.3. The first-order valence-corrected chi connectivity index (χ1v) is 12.6. The Bertz CT molecular complexity index is 1310. The highest BCUT2D eigenvalue weighted by atomic mass is 19.1. The molecule has 0 unspecified atom stereocenters. The number of ether oxygens (including phenoxy) is 2. The van der Waals surface area contributed by atoms with Gasteiger partial charge < -0.3 is 24.8 Å². The molecule has 2 aliphatic rings. The van der Waals surface area contributed by atoms with Crippen LogP contribution in [0.3, 0.4) is 0 Å². The monoisotopic (exact) mass is 522 g/mol. The maximum absolute atomic E-state index is 14.7. The van der Waals surface area contributed by atoms with E-state index < -0.39 is 29.7 Å². The van der Waals surface area contributed by atoms with Gasteiger partial charge in [0.25, 0.3) is 5.91 Å². The van der Waals surface area contributed by atoms with Crippen LogP contribution < -0.4 is 14.8 Å². The van der Waals surface area contributed by atoms with E-state index in [0.29, 0.717) is 6.54 Å². The molecule has 1 saturated heterocycles. The predicted molar refractivity (Wildman–Crippen MR) is 136 cm³/mol. The molecule has 5 rings (SSSR count). The van der Waals surface area contributed by atoms with Crippen LogP contribution in [0.25, 0.3) is 11.1 Å². The first kappa shape index (κ1) is 25.8. The number of fused-ring (bicyclic) bond motifs is 1. The Morgan fingerprint density at radius 3 is 2.24 bits per heavy atom. The summed E-state index contributed by atoms with van der Waals surface area (Å²) in [6.45, 7) is 2.38. The molecule has 0 radical (unpaired) electrons. The van der Waals surface area contributed by atoms with Crippen molar-refractivity contribution in [2.45, 2.75) is 25.0 Å². The van der Waals surface area contributed by atoms with Crippen molar-refractivity contribution in [1.29, 1.82) is 0 Å². The van der Waals surface area contributed by atoms with Crippen molar-refractivity contribution in [3.05, 3.63) is 83.4 Å². The number of hydrogen-bond acceptors (Lipinski definition) is 6. The van der Waals surface area contributed by atoms with Gasteiger partial charge in [-0.15, -0.1) is 0 Å². The van der Waals surface area contributed by atoms with Crippen LogP contribution in [-0.2, 0) is 4.79 Å². The Morgan fingerprint density at radius 2 is 1.55 bits per heavy atom. The lowest BCUT2D eigenvalue weighted by Gasteiger charge is -2.29. The molecule has 0 saturated carbocycles. The minimum Gasteiger partial charge on any atom is -0.486 e. The molecule has 3 aromatic rings. The number of aliphatic hydroxyl groups is 1. The summed E-state index contributed by atoms with van der Waals surface area (Å²) in [4.78, 5) is 28.1. The van der Waals surface area contributed by atoms with E-state index in [1.165, 1.54) is 30.3 Å². The molecule has 2 N–H and O–H groups in total. The standard InChI is InChI=1S/C29H28F2N2O5/c30-22-9-7-19(8-10-22)18-3-5-20(6-4-18)27(35)29(36)32-24(17-33-11-1-2-12-33)26(34)21-15-23(31)28-25(16-21)37-13-14-38-28/h3-10,15-16,24,26,34H,1-2,11-14,17H2,(H,32,36)/t24-,26-/m1/s1. The molecule has 0 bridgehead atoms. The Morgan fingerprint density at radius 1 is 0.921 bits per heavy atom. The highest BCUT2D eigenvalue weighted by Gasteiger charge is 2.31. The molecular weight excluding hydrogens is 494 g/mol. The number of amides is 1. The zero-order valence-corrected chi connectivity index (χ0v) is 20.7. The lowest BCUT2D eigenvalue weighted by Crippen LogP contribution is -2.48. The molecule has 0 aliphatic carbocycles. The molecule has 2 aliphatic heterocycles.